The van der Waals surface area contributed by atoms with E-state index in [1.54, 1.807) is 54.6 Å². The number of amides is 2. The second-order valence-corrected chi connectivity index (χ2v) is 9.77. The van der Waals surface area contributed by atoms with Crippen LogP contribution in [0.1, 0.15) is 24.5 Å². The molecule has 2 aromatic carbocycles. The van der Waals surface area contributed by atoms with E-state index in [4.69, 9.17) is 9.47 Å². The van der Waals surface area contributed by atoms with Crippen molar-refractivity contribution in [1.82, 2.24) is 9.80 Å². The summed E-state index contributed by atoms with van der Waals surface area (Å²) in [7, 11) is 0. The molecule has 3 heterocycles. The average Bonchev–Trinajstić information content (AvgIpc) is 3.34. The molecule has 0 aromatic heterocycles. The normalized spacial score (nSPS) is 22.5. The zero-order chi connectivity index (χ0) is 27.6. The Morgan fingerprint density at radius 2 is 1.79 bits per heavy atom. The number of likely N-dealkylation sites (tertiary alicyclic amines) is 1. The molecule has 0 unspecified atom stereocenters. The van der Waals surface area contributed by atoms with Crippen LogP contribution in [0.2, 0.25) is 0 Å². The van der Waals surface area contributed by atoms with E-state index in [9.17, 15) is 19.5 Å². The highest BCUT2D eigenvalue weighted by Gasteiger charge is 2.66. The third kappa shape index (κ3) is 4.41. The summed E-state index contributed by atoms with van der Waals surface area (Å²) in [6, 6.07) is 13.8. The van der Waals surface area contributed by atoms with Crippen LogP contribution >= 0.6 is 0 Å². The minimum atomic E-state index is -1.79. The molecule has 1 atom stereocenters. The lowest BCUT2D eigenvalue weighted by Crippen LogP contribution is -2.54. The molecule has 204 valence electrons. The number of carbonyl (C=O) groups excluding carboxylic acids is 3. The molecule has 1 spiro atoms. The zero-order valence-electron chi connectivity index (χ0n) is 22.1. The smallest absolute Gasteiger partial charge is 0.296 e. The van der Waals surface area contributed by atoms with E-state index in [-0.39, 0.29) is 18.7 Å². The van der Waals surface area contributed by atoms with Gasteiger partial charge >= 0.3 is 0 Å². The molecule has 0 bridgehead atoms. The molecule has 9 nitrogen and oxygen atoms in total. The topological polar surface area (TPSA) is 99.6 Å². The van der Waals surface area contributed by atoms with Crippen LogP contribution in [0.25, 0.3) is 5.76 Å². The maximum Gasteiger partial charge on any atom is 0.296 e. The van der Waals surface area contributed by atoms with Crippen molar-refractivity contribution in [3.63, 3.8) is 0 Å². The van der Waals surface area contributed by atoms with Gasteiger partial charge in [0.25, 0.3) is 17.6 Å². The number of ketones is 1. The van der Waals surface area contributed by atoms with Crippen LogP contribution in [-0.2, 0) is 24.7 Å². The molecule has 5 rings (SSSR count). The van der Waals surface area contributed by atoms with E-state index < -0.39 is 28.9 Å². The van der Waals surface area contributed by atoms with Gasteiger partial charge in [0.05, 0.1) is 31.1 Å². The van der Waals surface area contributed by atoms with Crippen LogP contribution < -0.4 is 9.64 Å². The molecule has 2 saturated heterocycles. The third-order valence-corrected chi connectivity index (χ3v) is 7.47. The molecule has 0 radical (unpaired) electrons. The Hall–Kier alpha value is -3.95. The number of para-hydroxylation sites is 1. The van der Waals surface area contributed by atoms with Crippen molar-refractivity contribution in [1.29, 1.82) is 0 Å². The van der Waals surface area contributed by atoms with Gasteiger partial charge in [-0.05, 0) is 36.8 Å². The van der Waals surface area contributed by atoms with Crippen molar-refractivity contribution in [3.05, 3.63) is 77.9 Å². The summed E-state index contributed by atoms with van der Waals surface area (Å²) in [5.74, 6) is -1.93. The van der Waals surface area contributed by atoms with Crippen LogP contribution in [0.3, 0.4) is 0 Å². The Morgan fingerprint density at radius 3 is 2.49 bits per heavy atom. The Kier molecular flexibility index (Phi) is 7.54. The van der Waals surface area contributed by atoms with Crippen molar-refractivity contribution in [3.8, 4) is 5.75 Å². The Morgan fingerprint density at radius 1 is 1.08 bits per heavy atom. The first-order chi connectivity index (χ1) is 18.9. The minimum absolute atomic E-state index is 0.132. The zero-order valence-corrected chi connectivity index (χ0v) is 22.1. The van der Waals surface area contributed by atoms with Gasteiger partial charge < -0.3 is 24.4 Å². The average molecular weight is 532 g/mol. The number of fused-ring (bicyclic) bond motifs is 2. The summed E-state index contributed by atoms with van der Waals surface area (Å²) in [5, 5.41) is 11.6. The Bertz CT molecular complexity index is 1310. The van der Waals surface area contributed by atoms with E-state index in [1.807, 2.05) is 6.92 Å². The summed E-state index contributed by atoms with van der Waals surface area (Å²) in [6.07, 6.45) is 2.45. The second-order valence-electron chi connectivity index (χ2n) is 9.77. The molecule has 2 aromatic rings. The van der Waals surface area contributed by atoms with Gasteiger partial charge in [0.15, 0.2) is 5.54 Å². The van der Waals surface area contributed by atoms with Crippen LogP contribution in [0.15, 0.2) is 66.8 Å². The van der Waals surface area contributed by atoms with Gasteiger partial charge in [-0.3, -0.25) is 19.3 Å². The van der Waals surface area contributed by atoms with Gasteiger partial charge in [-0.1, -0.05) is 31.2 Å². The van der Waals surface area contributed by atoms with Crippen LogP contribution in [0.5, 0.6) is 5.75 Å². The molecule has 39 heavy (non-hydrogen) atoms. The van der Waals surface area contributed by atoms with Crippen molar-refractivity contribution >= 4 is 29.0 Å². The highest BCUT2D eigenvalue weighted by molar-refractivity contribution is 6.50. The Labute approximate surface area is 227 Å². The molecule has 2 amide bonds. The molecule has 0 aliphatic carbocycles. The van der Waals surface area contributed by atoms with Crippen LogP contribution in [0, 0.1) is 0 Å². The number of anilines is 1. The molecular weight excluding hydrogens is 498 g/mol. The number of hydrogen-bond acceptors (Lipinski definition) is 7. The van der Waals surface area contributed by atoms with Gasteiger partial charge in [0.2, 0.25) is 0 Å². The maximum absolute atomic E-state index is 14.4. The number of nitrogens with zero attached hydrogens (tertiary/aromatic N) is 3. The van der Waals surface area contributed by atoms with Crippen molar-refractivity contribution < 1.29 is 29.0 Å². The number of benzene rings is 2. The lowest BCUT2D eigenvalue weighted by atomic mass is 9.82. The highest BCUT2D eigenvalue weighted by Crippen LogP contribution is 2.53. The summed E-state index contributed by atoms with van der Waals surface area (Å²) in [4.78, 5) is 46.8. The largest absolute Gasteiger partial charge is 0.507 e. The predicted molar refractivity (Wildman–Crippen MR) is 146 cm³/mol. The summed E-state index contributed by atoms with van der Waals surface area (Å²) >= 11 is 0. The first kappa shape index (κ1) is 26.6. The van der Waals surface area contributed by atoms with Gasteiger partial charge in [-0.25, -0.2) is 0 Å². The molecule has 2 fully saturated rings. The first-order valence-corrected chi connectivity index (χ1v) is 13.3. The van der Waals surface area contributed by atoms with Crippen molar-refractivity contribution in [2.24, 2.45) is 0 Å². The summed E-state index contributed by atoms with van der Waals surface area (Å²) < 4.78 is 11.1. The highest BCUT2D eigenvalue weighted by atomic mass is 16.5. The fourth-order valence-corrected chi connectivity index (χ4v) is 5.62. The van der Waals surface area contributed by atoms with Crippen molar-refractivity contribution in [2.45, 2.75) is 18.9 Å². The second kappa shape index (κ2) is 11.0. The summed E-state index contributed by atoms with van der Waals surface area (Å²) in [5.41, 5.74) is -0.628. The van der Waals surface area contributed by atoms with E-state index in [0.29, 0.717) is 62.0 Å². The molecule has 1 N–H and O–H groups in total. The maximum atomic E-state index is 14.4. The third-order valence-electron chi connectivity index (χ3n) is 7.47. The number of aliphatic hydroxyl groups is 1. The molecular formula is C30H33N3O6. The van der Waals surface area contributed by atoms with Crippen LogP contribution in [0.4, 0.5) is 5.69 Å². The fraction of sp³-hybridized carbons (Fsp3) is 0.367. The van der Waals surface area contributed by atoms with Gasteiger partial charge in [-0.2, -0.15) is 0 Å². The molecule has 3 aliphatic rings. The molecule has 9 heteroatoms. The molecule has 0 saturated carbocycles. The van der Waals surface area contributed by atoms with Gasteiger partial charge in [0, 0.05) is 43.9 Å². The number of rotatable bonds is 9. The van der Waals surface area contributed by atoms with Gasteiger partial charge in [-0.15, -0.1) is 6.58 Å². The standard InChI is InChI=1S/C30H33N3O6/c1-3-13-32-24-8-6-5-7-23(24)30(29(32)37)25(26(34)21-9-11-22(12-10-21)39-18-4-2)27(35)28(36)33(30)15-14-31-16-19-38-20-17-31/h3,5-12,34H,1,4,13-20H2,2H3/t30-/m1/s1. The van der Waals surface area contributed by atoms with Gasteiger partial charge in [0.1, 0.15) is 11.5 Å². The molecule has 3 aliphatic heterocycles. The number of hydrogen-bond donors (Lipinski definition) is 1. The number of morpholine rings is 1. The Balaban J connectivity index is 1.66. The van der Waals surface area contributed by atoms with E-state index in [1.165, 1.54) is 9.80 Å². The number of Topliss-reactive ketones (excluding diaryl/α,β-unsaturated/α-hetero) is 1. The summed E-state index contributed by atoms with van der Waals surface area (Å²) in [6.45, 7) is 9.66. The lowest BCUT2D eigenvalue weighted by molar-refractivity contribution is -0.144. The lowest BCUT2D eigenvalue weighted by Gasteiger charge is -2.36. The van der Waals surface area contributed by atoms with E-state index >= 15 is 0 Å². The fourth-order valence-electron chi connectivity index (χ4n) is 5.62. The quantitative estimate of drug-likeness (QED) is 0.230. The van der Waals surface area contributed by atoms with Crippen molar-refractivity contribution in [2.75, 3.05) is 57.4 Å². The minimum Gasteiger partial charge on any atom is -0.507 e. The van der Waals surface area contributed by atoms with E-state index in [0.717, 1.165) is 6.42 Å². The predicted octanol–water partition coefficient (Wildman–Crippen LogP) is 2.92. The SMILES string of the molecule is C=CCN1C(=O)[C@]2(C(=C(O)c3ccc(OCCC)cc3)C(=O)C(=O)N2CCN2CCOCC2)c2ccccc21. The monoisotopic (exact) mass is 531 g/mol. The number of aliphatic hydroxyl groups excluding tert-OH is 1. The van der Waals surface area contributed by atoms with Crippen LogP contribution in [-0.4, -0.2) is 85.0 Å². The van der Waals surface area contributed by atoms with E-state index in [2.05, 4.69) is 11.5 Å². The number of ether oxygens (including phenoxy) is 2. The number of carbonyl (C=O) groups is 3. The first-order valence-electron chi connectivity index (χ1n) is 13.3.